The standard InChI is InChI=1S/C11H7F3N4O3/c12-11(13,14)9-4-7(16-10(15)17-9)6-3-5(18(20)21)1-2-8(6)19/h1-4,19H,(H2,15,16,17). The van der Waals surface area contributed by atoms with E-state index < -0.39 is 34.2 Å². The molecule has 0 spiro atoms. The van der Waals surface area contributed by atoms with Crippen molar-refractivity contribution in [2.75, 3.05) is 5.73 Å². The van der Waals surface area contributed by atoms with E-state index >= 15 is 0 Å². The monoisotopic (exact) mass is 300 g/mol. The van der Waals surface area contributed by atoms with Crippen LogP contribution in [0.4, 0.5) is 24.8 Å². The van der Waals surface area contributed by atoms with Crippen LogP contribution < -0.4 is 5.73 Å². The number of aromatic hydroxyl groups is 1. The predicted octanol–water partition coefficient (Wildman–Crippen LogP) is 2.36. The van der Waals surface area contributed by atoms with Gasteiger partial charge < -0.3 is 10.8 Å². The van der Waals surface area contributed by atoms with Gasteiger partial charge >= 0.3 is 6.18 Å². The number of phenolic OH excluding ortho intramolecular Hbond substituents is 1. The zero-order chi connectivity index (χ0) is 15.8. The minimum atomic E-state index is -4.76. The van der Waals surface area contributed by atoms with Crippen molar-refractivity contribution >= 4 is 11.6 Å². The summed E-state index contributed by atoms with van der Waals surface area (Å²) in [6.07, 6.45) is -4.76. The van der Waals surface area contributed by atoms with Gasteiger partial charge in [-0.05, 0) is 12.1 Å². The van der Waals surface area contributed by atoms with E-state index in [1.807, 2.05) is 0 Å². The van der Waals surface area contributed by atoms with Crippen LogP contribution in [0.2, 0.25) is 0 Å². The average Bonchev–Trinajstić information content (AvgIpc) is 2.37. The quantitative estimate of drug-likeness (QED) is 0.649. The summed E-state index contributed by atoms with van der Waals surface area (Å²) in [6, 6.07) is 3.44. The highest BCUT2D eigenvalue weighted by Crippen LogP contribution is 2.35. The lowest BCUT2D eigenvalue weighted by molar-refractivity contribution is -0.384. The summed E-state index contributed by atoms with van der Waals surface area (Å²) in [6.45, 7) is 0. The fraction of sp³-hybridized carbons (Fsp3) is 0.0909. The summed E-state index contributed by atoms with van der Waals surface area (Å²) in [7, 11) is 0. The number of benzene rings is 1. The van der Waals surface area contributed by atoms with Crippen molar-refractivity contribution in [2.24, 2.45) is 0 Å². The maximum absolute atomic E-state index is 12.7. The second-order valence-corrected chi connectivity index (χ2v) is 3.95. The summed E-state index contributed by atoms with van der Waals surface area (Å²) in [5.74, 6) is -1.13. The Hall–Kier alpha value is -2.91. The second-order valence-electron chi connectivity index (χ2n) is 3.95. The first-order valence-electron chi connectivity index (χ1n) is 5.38. The molecule has 0 saturated heterocycles. The summed E-state index contributed by atoms with van der Waals surface area (Å²) in [5, 5.41) is 20.3. The van der Waals surface area contributed by atoms with Crippen molar-refractivity contribution in [3.05, 3.63) is 40.1 Å². The van der Waals surface area contributed by atoms with E-state index in [4.69, 9.17) is 5.73 Å². The van der Waals surface area contributed by atoms with Gasteiger partial charge in [-0.3, -0.25) is 10.1 Å². The van der Waals surface area contributed by atoms with E-state index in [1.54, 1.807) is 0 Å². The molecule has 1 heterocycles. The Morgan fingerprint density at radius 2 is 1.90 bits per heavy atom. The number of aromatic nitrogens is 2. The van der Waals surface area contributed by atoms with Gasteiger partial charge in [0, 0.05) is 17.7 Å². The van der Waals surface area contributed by atoms with Gasteiger partial charge in [0.1, 0.15) is 5.75 Å². The first-order chi connectivity index (χ1) is 9.68. The largest absolute Gasteiger partial charge is 0.507 e. The molecule has 7 nitrogen and oxygen atoms in total. The maximum Gasteiger partial charge on any atom is 0.433 e. The Morgan fingerprint density at radius 3 is 2.48 bits per heavy atom. The van der Waals surface area contributed by atoms with E-state index in [0.29, 0.717) is 6.07 Å². The minimum absolute atomic E-state index is 0.246. The Balaban J connectivity index is 2.64. The molecule has 1 aromatic carbocycles. The zero-order valence-electron chi connectivity index (χ0n) is 10.1. The van der Waals surface area contributed by atoms with E-state index in [-0.39, 0.29) is 11.3 Å². The normalized spacial score (nSPS) is 11.4. The molecule has 0 unspecified atom stereocenters. The molecule has 2 rings (SSSR count). The highest BCUT2D eigenvalue weighted by Gasteiger charge is 2.34. The lowest BCUT2D eigenvalue weighted by Gasteiger charge is -2.09. The predicted molar refractivity (Wildman–Crippen MR) is 65.2 cm³/mol. The number of nitro benzene ring substituents is 1. The van der Waals surface area contributed by atoms with Crippen molar-refractivity contribution in [1.29, 1.82) is 0 Å². The van der Waals surface area contributed by atoms with E-state index in [1.165, 1.54) is 0 Å². The lowest BCUT2D eigenvalue weighted by Crippen LogP contribution is -2.11. The van der Waals surface area contributed by atoms with Crippen LogP contribution in [0.25, 0.3) is 11.3 Å². The molecule has 110 valence electrons. The van der Waals surface area contributed by atoms with Gasteiger partial charge in [0.25, 0.3) is 5.69 Å². The first kappa shape index (κ1) is 14.5. The molecule has 21 heavy (non-hydrogen) atoms. The smallest absolute Gasteiger partial charge is 0.433 e. The van der Waals surface area contributed by atoms with Crippen molar-refractivity contribution in [1.82, 2.24) is 9.97 Å². The number of non-ortho nitro benzene ring substituents is 1. The molecule has 0 fully saturated rings. The number of anilines is 1. The zero-order valence-corrected chi connectivity index (χ0v) is 10.1. The third-order valence-corrected chi connectivity index (χ3v) is 2.50. The molecular formula is C11H7F3N4O3. The molecule has 3 N–H and O–H groups in total. The molecule has 10 heteroatoms. The second kappa shape index (κ2) is 4.89. The van der Waals surface area contributed by atoms with Crippen molar-refractivity contribution in [3.63, 3.8) is 0 Å². The average molecular weight is 300 g/mol. The van der Waals surface area contributed by atoms with Crippen molar-refractivity contribution < 1.29 is 23.2 Å². The van der Waals surface area contributed by atoms with E-state index in [0.717, 1.165) is 18.2 Å². The van der Waals surface area contributed by atoms with Crippen LogP contribution in [0.5, 0.6) is 5.75 Å². The molecule has 0 atom stereocenters. The van der Waals surface area contributed by atoms with Gasteiger partial charge in [0.05, 0.1) is 10.6 Å². The third-order valence-electron chi connectivity index (χ3n) is 2.50. The number of nitro groups is 1. The molecule has 2 aromatic rings. The van der Waals surface area contributed by atoms with E-state index in [2.05, 4.69) is 9.97 Å². The number of phenols is 1. The molecule has 0 aliphatic carbocycles. The summed E-state index contributed by atoms with van der Waals surface area (Å²) < 4.78 is 38.0. The fourth-order valence-electron chi connectivity index (χ4n) is 1.59. The SMILES string of the molecule is Nc1nc(-c2cc([N+](=O)[O-])ccc2O)cc(C(F)(F)F)n1. The Kier molecular flexibility index (Phi) is 3.37. The summed E-state index contributed by atoms with van der Waals surface area (Å²) in [5.41, 5.74) is 2.87. The first-order valence-corrected chi connectivity index (χ1v) is 5.38. The number of hydrogen-bond donors (Lipinski definition) is 2. The van der Waals surface area contributed by atoms with Crippen LogP contribution in [0.15, 0.2) is 24.3 Å². The molecule has 0 aliphatic heterocycles. The topological polar surface area (TPSA) is 115 Å². The van der Waals surface area contributed by atoms with Gasteiger partial charge in [0.2, 0.25) is 5.95 Å². The number of hydrogen-bond acceptors (Lipinski definition) is 6. The molecular weight excluding hydrogens is 293 g/mol. The summed E-state index contributed by atoms with van der Waals surface area (Å²) in [4.78, 5) is 16.5. The van der Waals surface area contributed by atoms with Crippen molar-refractivity contribution in [3.8, 4) is 17.0 Å². The van der Waals surface area contributed by atoms with Crippen LogP contribution in [0.3, 0.4) is 0 Å². The molecule has 0 bridgehead atoms. The van der Waals surface area contributed by atoms with Crippen LogP contribution in [0.1, 0.15) is 5.69 Å². The van der Waals surface area contributed by atoms with Gasteiger partial charge in [-0.25, -0.2) is 9.97 Å². The Morgan fingerprint density at radius 1 is 1.24 bits per heavy atom. The number of nitrogens with two attached hydrogens (primary N) is 1. The summed E-state index contributed by atoms with van der Waals surface area (Å²) >= 11 is 0. The van der Waals surface area contributed by atoms with Gasteiger partial charge in [-0.1, -0.05) is 0 Å². The van der Waals surface area contributed by atoms with Crippen LogP contribution in [-0.4, -0.2) is 20.0 Å². The Labute approximate surface area is 115 Å². The van der Waals surface area contributed by atoms with Crippen LogP contribution in [0, 0.1) is 10.1 Å². The molecule has 0 amide bonds. The highest BCUT2D eigenvalue weighted by atomic mass is 19.4. The number of rotatable bonds is 2. The van der Waals surface area contributed by atoms with Crippen LogP contribution >= 0.6 is 0 Å². The molecule has 1 aromatic heterocycles. The van der Waals surface area contributed by atoms with E-state index in [9.17, 15) is 28.4 Å². The minimum Gasteiger partial charge on any atom is -0.507 e. The number of halogens is 3. The van der Waals surface area contributed by atoms with Crippen molar-refractivity contribution in [2.45, 2.75) is 6.18 Å². The maximum atomic E-state index is 12.7. The fourth-order valence-corrected chi connectivity index (χ4v) is 1.59. The molecule has 0 saturated carbocycles. The van der Waals surface area contributed by atoms with Crippen LogP contribution in [-0.2, 0) is 6.18 Å². The van der Waals surface area contributed by atoms with Gasteiger partial charge in [-0.2, -0.15) is 13.2 Å². The molecule has 0 aliphatic rings. The van der Waals surface area contributed by atoms with Gasteiger partial charge in [0.15, 0.2) is 5.69 Å². The molecule has 0 radical (unpaired) electrons. The number of nitrogens with zero attached hydrogens (tertiary/aromatic N) is 3. The Bertz CT molecular complexity index is 718. The number of alkyl halides is 3. The lowest BCUT2D eigenvalue weighted by atomic mass is 10.1. The third kappa shape index (κ3) is 2.99. The van der Waals surface area contributed by atoms with Gasteiger partial charge in [-0.15, -0.1) is 0 Å². The number of nitrogen functional groups attached to an aromatic ring is 1. The highest BCUT2D eigenvalue weighted by molar-refractivity contribution is 5.70.